The van der Waals surface area contributed by atoms with E-state index in [4.69, 9.17) is 4.74 Å². The number of amides is 1. The van der Waals surface area contributed by atoms with Crippen molar-refractivity contribution in [2.45, 2.75) is 46.3 Å². The molecule has 0 aliphatic carbocycles. The lowest BCUT2D eigenvalue weighted by molar-refractivity contribution is -0.674. The minimum absolute atomic E-state index is 0.00782. The second-order valence-corrected chi connectivity index (χ2v) is 9.20. The molecule has 1 N–H and O–H groups in total. The molecule has 0 spiro atoms. The summed E-state index contributed by atoms with van der Waals surface area (Å²) in [5.41, 5.74) is 2.11. The van der Waals surface area contributed by atoms with Crippen LogP contribution in [0.15, 0.2) is 18.2 Å². The first kappa shape index (κ1) is 20.3. The van der Waals surface area contributed by atoms with E-state index in [2.05, 4.69) is 9.88 Å². The zero-order valence-corrected chi connectivity index (χ0v) is 17.2. The minimum Gasteiger partial charge on any atom is -0.462 e. The van der Waals surface area contributed by atoms with E-state index in [-0.39, 0.29) is 30.0 Å². The normalized spacial score (nSPS) is 18.3. The number of hydrogen-bond donors (Lipinski definition) is 1. The average molecular weight is 409 g/mol. The fourth-order valence-electron chi connectivity index (χ4n) is 3.73. The summed E-state index contributed by atoms with van der Waals surface area (Å²) in [5.74, 6) is 0.340. The van der Waals surface area contributed by atoms with Crippen molar-refractivity contribution < 1.29 is 27.3 Å². The standard InChI is InChI=1S/C19H25N3O5S/c1-4-21-13(3)22(11-18(23)20-15-8-9-28(25,26)12-15)17-10-14(6-7-16(17)21)19(24)27-5-2/h6-7,10,15H,4-5,8-9,11-12H2,1-3H3/p+1/t15-/m0/s1. The van der Waals surface area contributed by atoms with Crippen molar-refractivity contribution >= 4 is 32.7 Å². The van der Waals surface area contributed by atoms with Gasteiger partial charge in [0.05, 0.1) is 30.2 Å². The predicted molar refractivity (Wildman–Crippen MR) is 104 cm³/mol. The van der Waals surface area contributed by atoms with E-state index >= 15 is 0 Å². The highest BCUT2D eigenvalue weighted by atomic mass is 32.2. The Morgan fingerprint density at radius 1 is 1.32 bits per heavy atom. The molecular weight excluding hydrogens is 382 g/mol. The van der Waals surface area contributed by atoms with Crippen LogP contribution >= 0.6 is 0 Å². The van der Waals surface area contributed by atoms with Gasteiger partial charge >= 0.3 is 5.97 Å². The number of rotatable bonds is 6. The van der Waals surface area contributed by atoms with Crippen LogP contribution in [0.3, 0.4) is 0 Å². The molecular formula is C19H26N3O5S+. The SMILES string of the molecule is CCOC(=O)c1ccc2c(c1)n(CC(=O)N[C@H]1CCS(=O)(=O)C1)c(C)[n+]2CC. The van der Waals surface area contributed by atoms with E-state index in [1.165, 1.54) is 0 Å². The number of sulfone groups is 1. The van der Waals surface area contributed by atoms with Crippen LogP contribution in [0.1, 0.15) is 36.5 Å². The van der Waals surface area contributed by atoms with Crippen LogP contribution in [0.4, 0.5) is 0 Å². The van der Waals surface area contributed by atoms with E-state index in [9.17, 15) is 18.0 Å². The third kappa shape index (κ3) is 4.04. The van der Waals surface area contributed by atoms with Crippen molar-refractivity contribution in [2.24, 2.45) is 0 Å². The Kier molecular flexibility index (Phi) is 5.74. The number of esters is 1. The maximum absolute atomic E-state index is 12.6. The number of imidazole rings is 1. The van der Waals surface area contributed by atoms with Crippen LogP contribution < -0.4 is 9.88 Å². The second kappa shape index (κ2) is 7.90. The second-order valence-electron chi connectivity index (χ2n) is 6.97. The van der Waals surface area contributed by atoms with Crippen LogP contribution in [0.2, 0.25) is 0 Å². The van der Waals surface area contributed by atoms with Gasteiger partial charge in [0.1, 0.15) is 0 Å². The van der Waals surface area contributed by atoms with Gasteiger partial charge in [0.25, 0.3) is 11.7 Å². The van der Waals surface area contributed by atoms with E-state index in [1.54, 1.807) is 19.1 Å². The molecule has 1 aliphatic heterocycles. The Morgan fingerprint density at radius 2 is 2.07 bits per heavy atom. The maximum atomic E-state index is 12.6. The van der Waals surface area contributed by atoms with Gasteiger partial charge in [0, 0.05) is 19.0 Å². The Bertz CT molecular complexity index is 1030. The fraction of sp³-hybridized carbons (Fsp3) is 0.526. The van der Waals surface area contributed by atoms with Crippen molar-refractivity contribution in [1.29, 1.82) is 0 Å². The Hall–Kier alpha value is -2.42. The first-order valence-electron chi connectivity index (χ1n) is 9.45. The van der Waals surface area contributed by atoms with Crippen molar-refractivity contribution in [1.82, 2.24) is 9.88 Å². The number of nitrogens with one attached hydrogen (secondary N) is 1. The van der Waals surface area contributed by atoms with Crippen LogP contribution in [-0.2, 0) is 32.5 Å². The number of carbonyl (C=O) groups excluding carboxylic acids is 2. The highest BCUT2D eigenvalue weighted by Gasteiger charge is 2.30. The topological polar surface area (TPSA) is 98.3 Å². The number of fused-ring (bicyclic) bond motifs is 1. The zero-order valence-electron chi connectivity index (χ0n) is 16.4. The summed E-state index contributed by atoms with van der Waals surface area (Å²) in [6.07, 6.45) is 0.446. The van der Waals surface area contributed by atoms with Gasteiger partial charge in [0.2, 0.25) is 0 Å². The van der Waals surface area contributed by atoms with Gasteiger partial charge in [-0.25, -0.2) is 22.3 Å². The molecule has 0 saturated carbocycles. The molecule has 2 aromatic rings. The summed E-state index contributed by atoms with van der Waals surface area (Å²) >= 11 is 0. The molecule has 1 aliphatic rings. The number of aromatic nitrogens is 2. The summed E-state index contributed by atoms with van der Waals surface area (Å²) in [5, 5.41) is 2.82. The first-order chi connectivity index (χ1) is 13.3. The minimum atomic E-state index is -3.05. The van der Waals surface area contributed by atoms with Crippen molar-refractivity contribution in [3.05, 3.63) is 29.6 Å². The van der Waals surface area contributed by atoms with Gasteiger partial charge < -0.3 is 10.1 Å². The lowest BCUT2D eigenvalue weighted by Gasteiger charge is -2.10. The third-order valence-corrected chi connectivity index (χ3v) is 6.83. The van der Waals surface area contributed by atoms with E-state index < -0.39 is 15.8 Å². The molecule has 1 atom stereocenters. The Labute approximate surface area is 164 Å². The molecule has 1 saturated heterocycles. The quantitative estimate of drug-likeness (QED) is 0.561. The highest BCUT2D eigenvalue weighted by Crippen LogP contribution is 2.18. The van der Waals surface area contributed by atoms with E-state index in [0.717, 1.165) is 23.4 Å². The largest absolute Gasteiger partial charge is 0.462 e. The van der Waals surface area contributed by atoms with Crippen molar-refractivity contribution in [3.8, 4) is 0 Å². The smallest absolute Gasteiger partial charge is 0.338 e. The third-order valence-electron chi connectivity index (χ3n) is 5.06. The molecule has 3 rings (SSSR count). The number of hydrogen-bond acceptors (Lipinski definition) is 5. The zero-order chi connectivity index (χ0) is 20.5. The van der Waals surface area contributed by atoms with Crippen LogP contribution in [0.25, 0.3) is 11.0 Å². The molecule has 8 nitrogen and oxygen atoms in total. The summed E-state index contributed by atoms with van der Waals surface area (Å²) in [4.78, 5) is 24.7. The number of nitrogens with zero attached hydrogens (tertiary/aromatic N) is 2. The highest BCUT2D eigenvalue weighted by molar-refractivity contribution is 7.91. The number of benzene rings is 1. The predicted octanol–water partition coefficient (Wildman–Crippen LogP) is 0.737. The summed E-state index contributed by atoms with van der Waals surface area (Å²) in [6.45, 7) is 6.75. The Balaban J connectivity index is 1.90. The monoisotopic (exact) mass is 408 g/mol. The molecule has 1 fully saturated rings. The molecule has 2 heterocycles. The molecule has 0 radical (unpaired) electrons. The van der Waals surface area contributed by atoms with Gasteiger partial charge in [-0.2, -0.15) is 0 Å². The summed E-state index contributed by atoms with van der Waals surface area (Å²) in [6, 6.07) is 4.98. The van der Waals surface area contributed by atoms with E-state index in [1.807, 2.05) is 24.5 Å². The first-order valence-corrected chi connectivity index (χ1v) is 11.3. The molecule has 152 valence electrons. The lowest BCUT2D eigenvalue weighted by atomic mass is 10.2. The number of ether oxygens (including phenoxy) is 1. The van der Waals surface area contributed by atoms with Gasteiger partial charge in [-0.05, 0) is 32.4 Å². The van der Waals surface area contributed by atoms with Gasteiger partial charge in [-0.3, -0.25) is 4.79 Å². The summed E-state index contributed by atoms with van der Waals surface area (Å²) < 4.78 is 32.2. The molecule has 0 unspecified atom stereocenters. The molecule has 9 heteroatoms. The molecule has 1 aromatic heterocycles. The summed E-state index contributed by atoms with van der Waals surface area (Å²) in [7, 11) is -3.05. The van der Waals surface area contributed by atoms with Crippen LogP contribution in [-0.4, -0.2) is 49.0 Å². The van der Waals surface area contributed by atoms with Crippen LogP contribution in [0.5, 0.6) is 0 Å². The van der Waals surface area contributed by atoms with Gasteiger partial charge in [-0.15, -0.1) is 0 Å². The maximum Gasteiger partial charge on any atom is 0.338 e. The van der Waals surface area contributed by atoms with Gasteiger partial charge in [-0.1, -0.05) is 0 Å². The van der Waals surface area contributed by atoms with Crippen molar-refractivity contribution in [3.63, 3.8) is 0 Å². The number of aryl methyl sites for hydroxylation is 1. The Morgan fingerprint density at radius 3 is 2.68 bits per heavy atom. The molecule has 0 bridgehead atoms. The average Bonchev–Trinajstić information content (AvgIpc) is 3.11. The van der Waals surface area contributed by atoms with Crippen LogP contribution in [0, 0.1) is 6.92 Å². The van der Waals surface area contributed by atoms with E-state index in [0.29, 0.717) is 18.6 Å². The lowest BCUT2D eigenvalue weighted by Crippen LogP contribution is -2.39. The van der Waals surface area contributed by atoms with Crippen molar-refractivity contribution in [2.75, 3.05) is 18.1 Å². The molecule has 1 aromatic carbocycles. The van der Waals surface area contributed by atoms with Gasteiger partial charge in [0.15, 0.2) is 27.4 Å². The molecule has 28 heavy (non-hydrogen) atoms. The molecule has 1 amide bonds. The fourth-order valence-corrected chi connectivity index (χ4v) is 5.40. The number of carbonyl (C=O) groups is 2.